The van der Waals surface area contributed by atoms with Crippen LogP contribution in [0.25, 0.3) is 0 Å². The van der Waals surface area contributed by atoms with Crippen LogP contribution in [-0.4, -0.2) is 23.9 Å². The number of nitrogens with zero attached hydrogens (tertiary/aromatic N) is 2. The van der Waals surface area contributed by atoms with Gasteiger partial charge in [-0.05, 0) is 51.1 Å². The summed E-state index contributed by atoms with van der Waals surface area (Å²) < 4.78 is 7.42. The zero-order valence-corrected chi connectivity index (χ0v) is 13.6. The minimum Gasteiger partial charge on any atom is -0.496 e. The molecular weight excluding hydrogens is 262 g/mol. The fourth-order valence-electron chi connectivity index (χ4n) is 2.75. The number of ether oxygens (including phenoxy) is 1. The van der Waals surface area contributed by atoms with Crippen molar-refractivity contribution in [3.05, 3.63) is 46.8 Å². The van der Waals surface area contributed by atoms with Crippen LogP contribution in [0.2, 0.25) is 0 Å². The van der Waals surface area contributed by atoms with Gasteiger partial charge >= 0.3 is 0 Å². The first-order chi connectivity index (χ1) is 10.1. The summed E-state index contributed by atoms with van der Waals surface area (Å²) in [5.41, 5.74) is 4.78. The molecule has 0 amide bonds. The second kappa shape index (κ2) is 6.76. The lowest BCUT2D eigenvalue weighted by Gasteiger charge is -2.18. The van der Waals surface area contributed by atoms with Crippen molar-refractivity contribution in [1.82, 2.24) is 15.1 Å². The van der Waals surface area contributed by atoms with Gasteiger partial charge in [-0.2, -0.15) is 5.10 Å². The van der Waals surface area contributed by atoms with Gasteiger partial charge in [0.2, 0.25) is 0 Å². The van der Waals surface area contributed by atoms with E-state index in [0.29, 0.717) is 0 Å². The van der Waals surface area contributed by atoms with Crippen LogP contribution in [0.1, 0.15) is 35.5 Å². The molecule has 1 heterocycles. The topological polar surface area (TPSA) is 39.1 Å². The van der Waals surface area contributed by atoms with E-state index < -0.39 is 0 Å². The van der Waals surface area contributed by atoms with Crippen molar-refractivity contribution >= 4 is 0 Å². The molecule has 0 saturated heterocycles. The Hall–Kier alpha value is -1.81. The summed E-state index contributed by atoms with van der Waals surface area (Å²) in [5.74, 6) is 0.933. The van der Waals surface area contributed by atoms with Crippen LogP contribution in [-0.2, 0) is 13.0 Å². The van der Waals surface area contributed by atoms with Crippen LogP contribution in [0, 0.1) is 13.8 Å². The summed E-state index contributed by atoms with van der Waals surface area (Å²) in [7, 11) is 3.71. The minimum absolute atomic E-state index is 0.274. The predicted molar refractivity (Wildman–Crippen MR) is 85.9 cm³/mol. The summed E-state index contributed by atoms with van der Waals surface area (Å²) in [6, 6.07) is 8.81. The maximum atomic E-state index is 5.34. The van der Waals surface area contributed by atoms with Crippen molar-refractivity contribution in [1.29, 1.82) is 0 Å². The first-order valence-electron chi connectivity index (χ1n) is 7.44. The molecule has 0 aliphatic carbocycles. The standard InChI is InChI=1S/C17H25N3O/c1-6-20-15(10-13(3)19-20)11-16(18-4)14-7-8-17(21-5)12(2)9-14/h7-10,16,18H,6,11H2,1-5H3. The summed E-state index contributed by atoms with van der Waals surface area (Å²) in [4.78, 5) is 0. The molecule has 114 valence electrons. The molecule has 1 atom stereocenters. The maximum absolute atomic E-state index is 5.34. The molecule has 0 fully saturated rings. The second-order valence-corrected chi connectivity index (χ2v) is 5.37. The van der Waals surface area contributed by atoms with Gasteiger partial charge in [-0.3, -0.25) is 4.68 Å². The van der Waals surface area contributed by atoms with E-state index in [1.54, 1.807) is 7.11 Å². The Morgan fingerprint density at radius 2 is 2.05 bits per heavy atom. The Bertz CT molecular complexity index is 604. The van der Waals surface area contributed by atoms with Crippen LogP contribution >= 0.6 is 0 Å². The Morgan fingerprint density at radius 3 is 2.62 bits per heavy atom. The lowest BCUT2D eigenvalue weighted by Crippen LogP contribution is -2.20. The first-order valence-corrected chi connectivity index (χ1v) is 7.44. The number of rotatable bonds is 6. The highest BCUT2D eigenvalue weighted by Crippen LogP contribution is 2.24. The summed E-state index contributed by atoms with van der Waals surface area (Å²) in [6.07, 6.45) is 0.928. The third-order valence-corrected chi connectivity index (χ3v) is 3.87. The molecule has 1 aromatic carbocycles. The number of methoxy groups -OCH3 is 1. The van der Waals surface area contributed by atoms with Gasteiger partial charge in [0.25, 0.3) is 0 Å². The Labute approximate surface area is 127 Å². The molecule has 0 aliphatic rings. The van der Waals surface area contributed by atoms with Crippen molar-refractivity contribution in [2.24, 2.45) is 0 Å². The Kier molecular flexibility index (Phi) is 5.02. The Morgan fingerprint density at radius 1 is 1.29 bits per heavy atom. The van der Waals surface area contributed by atoms with E-state index >= 15 is 0 Å². The van der Waals surface area contributed by atoms with Crippen molar-refractivity contribution in [3.8, 4) is 5.75 Å². The Balaban J connectivity index is 2.25. The van der Waals surface area contributed by atoms with Gasteiger partial charge in [-0.1, -0.05) is 12.1 Å². The molecule has 1 aromatic heterocycles. The van der Waals surface area contributed by atoms with Gasteiger partial charge < -0.3 is 10.1 Å². The van der Waals surface area contributed by atoms with E-state index in [4.69, 9.17) is 4.74 Å². The average molecular weight is 287 g/mol. The number of hydrogen-bond acceptors (Lipinski definition) is 3. The van der Waals surface area contributed by atoms with E-state index in [0.717, 1.165) is 30.0 Å². The lowest BCUT2D eigenvalue weighted by molar-refractivity contribution is 0.411. The van der Waals surface area contributed by atoms with Crippen molar-refractivity contribution in [3.63, 3.8) is 0 Å². The lowest BCUT2D eigenvalue weighted by atomic mass is 9.99. The molecule has 0 saturated carbocycles. The molecular formula is C17H25N3O. The molecule has 2 rings (SSSR count). The summed E-state index contributed by atoms with van der Waals surface area (Å²) in [6.45, 7) is 7.15. The zero-order valence-electron chi connectivity index (χ0n) is 13.6. The highest BCUT2D eigenvalue weighted by atomic mass is 16.5. The van der Waals surface area contributed by atoms with E-state index in [2.05, 4.69) is 47.1 Å². The van der Waals surface area contributed by atoms with Crippen LogP contribution in [0.3, 0.4) is 0 Å². The smallest absolute Gasteiger partial charge is 0.121 e. The molecule has 2 aromatic rings. The molecule has 21 heavy (non-hydrogen) atoms. The fraction of sp³-hybridized carbons (Fsp3) is 0.471. The van der Waals surface area contributed by atoms with Gasteiger partial charge in [0, 0.05) is 24.7 Å². The van der Waals surface area contributed by atoms with Gasteiger partial charge in [-0.25, -0.2) is 0 Å². The summed E-state index contributed by atoms with van der Waals surface area (Å²) in [5, 5.41) is 7.93. The average Bonchev–Trinajstić information content (AvgIpc) is 2.84. The number of hydrogen-bond donors (Lipinski definition) is 1. The van der Waals surface area contributed by atoms with E-state index in [1.165, 1.54) is 11.3 Å². The van der Waals surface area contributed by atoms with Gasteiger partial charge in [-0.15, -0.1) is 0 Å². The minimum atomic E-state index is 0.274. The predicted octanol–water partition coefficient (Wildman–Crippen LogP) is 3.03. The first kappa shape index (κ1) is 15.6. The largest absolute Gasteiger partial charge is 0.496 e. The molecule has 1 N–H and O–H groups in total. The van der Waals surface area contributed by atoms with E-state index in [9.17, 15) is 0 Å². The number of aromatic nitrogens is 2. The highest BCUT2D eigenvalue weighted by Gasteiger charge is 2.15. The molecule has 4 nitrogen and oxygen atoms in total. The van der Waals surface area contributed by atoms with Gasteiger partial charge in [0.15, 0.2) is 0 Å². The number of likely N-dealkylation sites (N-methyl/N-ethyl adjacent to an activating group) is 1. The molecule has 0 aliphatic heterocycles. The molecule has 0 spiro atoms. The second-order valence-electron chi connectivity index (χ2n) is 5.37. The van der Waals surface area contributed by atoms with E-state index in [-0.39, 0.29) is 6.04 Å². The van der Waals surface area contributed by atoms with Crippen LogP contribution in [0.5, 0.6) is 5.75 Å². The summed E-state index contributed by atoms with van der Waals surface area (Å²) >= 11 is 0. The molecule has 1 unspecified atom stereocenters. The molecule has 4 heteroatoms. The normalized spacial score (nSPS) is 12.4. The van der Waals surface area contributed by atoms with Crippen LogP contribution < -0.4 is 10.1 Å². The number of benzene rings is 1. The van der Waals surface area contributed by atoms with Crippen LogP contribution in [0.4, 0.5) is 0 Å². The zero-order chi connectivity index (χ0) is 15.4. The third-order valence-electron chi connectivity index (χ3n) is 3.87. The van der Waals surface area contributed by atoms with Crippen molar-refractivity contribution < 1.29 is 4.74 Å². The quantitative estimate of drug-likeness (QED) is 0.887. The monoisotopic (exact) mass is 287 g/mol. The molecule has 0 radical (unpaired) electrons. The van der Waals surface area contributed by atoms with Crippen molar-refractivity contribution in [2.45, 2.75) is 39.8 Å². The maximum Gasteiger partial charge on any atom is 0.121 e. The number of nitrogens with one attached hydrogen (secondary N) is 1. The number of aryl methyl sites for hydroxylation is 3. The SMILES string of the molecule is CCn1nc(C)cc1CC(NC)c1ccc(OC)c(C)c1. The van der Waals surface area contributed by atoms with E-state index in [1.807, 2.05) is 20.0 Å². The third kappa shape index (κ3) is 3.45. The van der Waals surface area contributed by atoms with Gasteiger partial charge in [0.1, 0.15) is 5.75 Å². The molecule has 0 bridgehead atoms. The highest BCUT2D eigenvalue weighted by molar-refractivity contribution is 5.37. The van der Waals surface area contributed by atoms with Crippen LogP contribution in [0.15, 0.2) is 24.3 Å². The van der Waals surface area contributed by atoms with Crippen molar-refractivity contribution in [2.75, 3.05) is 14.2 Å². The fourth-order valence-corrected chi connectivity index (χ4v) is 2.75. The van der Waals surface area contributed by atoms with Gasteiger partial charge in [0.05, 0.1) is 12.8 Å².